The fraction of sp³-hybridized carbons (Fsp3) is 0.889. The van der Waals surface area contributed by atoms with Crippen LogP contribution in [-0.4, -0.2) is 12.1 Å². The molecule has 0 aromatic rings. The van der Waals surface area contributed by atoms with Crippen molar-refractivity contribution in [2.24, 2.45) is 17.6 Å². The first-order chi connectivity index (χ1) is 5.61. The lowest BCUT2D eigenvalue weighted by molar-refractivity contribution is 0.199. The second-order valence-corrected chi connectivity index (χ2v) is 3.88. The van der Waals surface area contributed by atoms with E-state index in [0.29, 0.717) is 17.9 Å². The summed E-state index contributed by atoms with van der Waals surface area (Å²) >= 11 is 0. The van der Waals surface area contributed by atoms with Crippen LogP contribution >= 0.6 is 0 Å². The Morgan fingerprint density at radius 3 is 2.67 bits per heavy atom. The molecule has 1 rings (SSSR count). The van der Waals surface area contributed by atoms with Crippen LogP contribution in [0.5, 0.6) is 0 Å². The van der Waals surface area contributed by atoms with E-state index in [1.807, 2.05) is 0 Å². The Bertz CT molecular complexity index is 170. The van der Waals surface area contributed by atoms with E-state index >= 15 is 0 Å². The van der Waals surface area contributed by atoms with Crippen LogP contribution in [0.4, 0.5) is 4.79 Å². The van der Waals surface area contributed by atoms with E-state index in [1.165, 1.54) is 12.8 Å². The summed E-state index contributed by atoms with van der Waals surface area (Å²) in [6, 6.07) is -0.0906. The SMILES string of the molecule is C[C@@H]1[C@H](C)CCC[C@@H]1NC(N)=O. The van der Waals surface area contributed by atoms with Crippen LogP contribution in [0.25, 0.3) is 0 Å². The molecule has 12 heavy (non-hydrogen) atoms. The van der Waals surface area contributed by atoms with Gasteiger partial charge < -0.3 is 11.1 Å². The average molecular weight is 170 g/mol. The Morgan fingerprint density at radius 2 is 2.08 bits per heavy atom. The van der Waals surface area contributed by atoms with Gasteiger partial charge in [0.2, 0.25) is 0 Å². The number of carbonyl (C=O) groups excluding carboxylic acids is 1. The molecule has 0 spiro atoms. The second-order valence-electron chi connectivity index (χ2n) is 3.88. The molecule has 1 fully saturated rings. The zero-order valence-electron chi connectivity index (χ0n) is 7.84. The Labute approximate surface area is 73.7 Å². The predicted molar refractivity (Wildman–Crippen MR) is 48.7 cm³/mol. The number of carbonyl (C=O) groups is 1. The summed E-state index contributed by atoms with van der Waals surface area (Å²) in [5, 5.41) is 2.80. The lowest BCUT2D eigenvalue weighted by Gasteiger charge is -2.34. The minimum absolute atomic E-state index is 0.297. The van der Waals surface area contributed by atoms with E-state index < -0.39 is 0 Å². The molecule has 0 bridgehead atoms. The van der Waals surface area contributed by atoms with Gasteiger partial charge in [0.25, 0.3) is 0 Å². The summed E-state index contributed by atoms with van der Waals surface area (Å²) in [7, 11) is 0. The van der Waals surface area contributed by atoms with Gasteiger partial charge >= 0.3 is 6.03 Å². The van der Waals surface area contributed by atoms with Crippen molar-refractivity contribution < 1.29 is 4.79 Å². The second kappa shape index (κ2) is 3.78. The number of hydrogen-bond donors (Lipinski definition) is 2. The maximum absolute atomic E-state index is 10.6. The smallest absolute Gasteiger partial charge is 0.312 e. The molecule has 3 nitrogen and oxygen atoms in total. The number of rotatable bonds is 1. The van der Waals surface area contributed by atoms with Crippen LogP contribution in [0.15, 0.2) is 0 Å². The van der Waals surface area contributed by atoms with E-state index in [-0.39, 0.29) is 6.03 Å². The highest BCUT2D eigenvalue weighted by molar-refractivity contribution is 5.72. The van der Waals surface area contributed by atoms with Gasteiger partial charge in [-0.05, 0) is 18.3 Å². The zero-order valence-corrected chi connectivity index (χ0v) is 7.84. The molecule has 3 heteroatoms. The van der Waals surface area contributed by atoms with Gasteiger partial charge in [-0.15, -0.1) is 0 Å². The van der Waals surface area contributed by atoms with Gasteiger partial charge in [-0.3, -0.25) is 0 Å². The molecule has 0 aromatic heterocycles. The van der Waals surface area contributed by atoms with E-state index in [0.717, 1.165) is 6.42 Å². The van der Waals surface area contributed by atoms with Crippen LogP contribution in [0.2, 0.25) is 0 Å². The first-order valence-corrected chi connectivity index (χ1v) is 4.67. The summed E-state index contributed by atoms with van der Waals surface area (Å²) in [4.78, 5) is 10.6. The third-order valence-corrected chi connectivity index (χ3v) is 3.03. The molecular weight excluding hydrogens is 152 g/mol. The fourth-order valence-corrected chi connectivity index (χ4v) is 1.97. The molecule has 0 unspecified atom stereocenters. The molecule has 0 aromatic carbocycles. The van der Waals surface area contributed by atoms with Crippen LogP contribution in [0, 0.1) is 11.8 Å². The summed E-state index contributed by atoms with van der Waals surface area (Å²) in [6.07, 6.45) is 3.56. The lowest BCUT2D eigenvalue weighted by Crippen LogP contribution is -2.45. The summed E-state index contributed by atoms with van der Waals surface area (Å²) in [5.74, 6) is 1.27. The van der Waals surface area contributed by atoms with E-state index in [9.17, 15) is 4.79 Å². The maximum Gasteiger partial charge on any atom is 0.312 e. The predicted octanol–water partition coefficient (Wildman–Crippen LogP) is 1.48. The molecule has 1 aliphatic carbocycles. The zero-order chi connectivity index (χ0) is 9.14. The third-order valence-electron chi connectivity index (χ3n) is 3.03. The summed E-state index contributed by atoms with van der Waals surface area (Å²) < 4.78 is 0. The van der Waals surface area contributed by atoms with Gasteiger partial charge in [-0.2, -0.15) is 0 Å². The highest BCUT2D eigenvalue weighted by Crippen LogP contribution is 2.29. The molecule has 2 amide bonds. The van der Waals surface area contributed by atoms with Crippen molar-refractivity contribution in [2.75, 3.05) is 0 Å². The Morgan fingerprint density at radius 1 is 1.42 bits per heavy atom. The quantitative estimate of drug-likeness (QED) is 0.615. The van der Waals surface area contributed by atoms with Gasteiger partial charge in [-0.1, -0.05) is 26.7 Å². The van der Waals surface area contributed by atoms with Crippen molar-refractivity contribution in [1.82, 2.24) is 5.32 Å². The average Bonchev–Trinajstić information content (AvgIpc) is 1.98. The number of primary amides is 1. The molecule has 0 heterocycles. The molecule has 1 saturated carbocycles. The summed E-state index contributed by atoms with van der Waals surface area (Å²) in [6.45, 7) is 4.42. The first kappa shape index (κ1) is 9.36. The van der Waals surface area contributed by atoms with E-state index in [1.54, 1.807) is 0 Å². The Balaban J connectivity index is 2.46. The fourth-order valence-electron chi connectivity index (χ4n) is 1.97. The first-order valence-electron chi connectivity index (χ1n) is 4.67. The molecule has 0 aliphatic heterocycles. The standard InChI is InChI=1S/C9H18N2O/c1-6-4-3-5-8(7(6)2)11-9(10)12/h6-8H,3-5H2,1-2H3,(H3,10,11,12)/t6-,7-,8+/m1/s1. The molecule has 3 N–H and O–H groups in total. The van der Waals surface area contributed by atoms with E-state index in [2.05, 4.69) is 19.2 Å². The number of urea groups is 1. The maximum atomic E-state index is 10.6. The molecule has 70 valence electrons. The normalized spacial score (nSPS) is 36.0. The van der Waals surface area contributed by atoms with Gasteiger partial charge in [0.1, 0.15) is 0 Å². The van der Waals surface area contributed by atoms with Gasteiger partial charge in [0, 0.05) is 6.04 Å². The van der Waals surface area contributed by atoms with Crippen LogP contribution in [-0.2, 0) is 0 Å². The molecular formula is C9H18N2O. The van der Waals surface area contributed by atoms with E-state index in [4.69, 9.17) is 5.73 Å². The minimum atomic E-state index is -0.388. The number of nitrogens with one attached hydrogen (secondary N) is 1. The molecule has 0 saturated heterocycles. The van der Waals surface area contributed by atoms with Crippen molar-refractivity contribution in [2.45, 2.75) is 39.2 Å². The highest BCUT2D eigenvalue weighted by atomic mass is 16.2. The molecule has 0 radical (unpaired) electrons. The number of amides is 2. The molecule has 3 atom stereocenters. The Kier molecular flexibility index (Phi) is 2.95. The van der Waals surface area contributed by atoms with Crippen molar-refractivity contribution in [3.05, 3.63) is 0 Å². The van der Waals surface area contributed by atoms with Gasteiger partial charge in [-0.25, -0.2) is 4.79 Å². The monoisotopic (exact) mass is 170 g/mol. The number of hydrogen-bond acceptors (Lipinski definition) is 1. The van der Waals surface area contributed by atoms with Gasteiger partial charge in [0.05, 0.1) is 0 Å². The lowest BCUT2D eigenvalue weighted by atomic mass is 9.78. The third kappa shape index (κ3) is 2.13. The van der Waals surface area contributed by atoms with Crippen molar-refractivity contribution >= 4 is 6.03 Å². The van der Waals surface area contributed by atoms with Crippen molar-refractivity contribution in [3.63, 3.8) is 0 Å². The van der Waals surface area contributed by atoms with Crippen LogP contribution in [0.1, 0.15) is 33.1 Å². The molecule has 1 aliphatic rings. The van der Waals surface area contributed by atoms with Gasteiger partial charge in [0.15, 0.2) is 0 Å². The van der Waals surface area contributed by atoms with Crippen LogP contribution in [0.3, 0.4) is 0 Å². The van der Waals surface area contributed by atoms with Crippen LogP contribution < -0.4 is 11.1 Å². The Hall–Kier alpha value is -0.730. The summed E-state index contributed by atoms with van der Waals surface area (Å²) in [5.41, 5.74) is 5.08. The minimum Gasteiger partial charge on any atom is -0.352 e. The topological polar surface area (TPSA) is 55.1 Å². The largest absolute Gasteiger partial charge is 0.352 e. The highest BCUT2D eigenvalue weighted by Gasteiger charge is 2.27. The number of nitrogens with two attached hydrogens (primary N) is 1. The van der Waals surface area contributed by atoms with Crippen molar-refractivity contribution in [1.29, 1.82) is 0 Å². The van der Waals surface area contributed by atoms with Crippen molar-refractivity contribution in [3.8, 4) is 0 Å².